The van der Waals surface area contributed by atoms with E-state index in [2.05, 4.69) is 20.5 Å². The Labute approximate surface area is 164 Å². The molecule has 140 valence electrons. The highest BCUT2D eigenvalue weighted by atomic mass is 32.1. The Morgan fingerprint density at radius 1 is 1.11 bits per heavy atom. The van der Waals surface area contributed by atoms with Crippen LogP contribution in [0.5, 0.6) is 0 Å². The molecule has 4 aromatic rings. The van der Waals surface area contributed by atoms with Gasteiger partial charge in [0.05, 0.1) is 28.1 Å². The maximum atomic E-state index is 13.0. The van der Waals surface area contributed by atoms with Crippen molar-refractivity contribution in [2.45, 2.75) is 6.92 Å². The molecular weight excluding hydrogens is 379 g/mol. The van der Waals surface area contributed by atoms with Gasteiger partial charge in [-0.25, -0.2) is 14.2 Å². The zero-order valence-corrected chi connectivity index (χ0v) is 15.7. The van der Waals surface area contributed by atoms with Crippen LogP contribution in [0.3, 0.4) is 0 Å². The van der Waals surface area contributed by atoms with Crippen LogP contribution in [0.15, 0.2) is 54.6 Å². The van der Waals surface area contributed by atoms with E-state index in [1.165, 1.54) is 23.5 Å². The van der Waals surface area contributed by atoms with Crippen LogP contribution in [0.4, 0.5) is 15.3 Å². The molecule has 8 heteroatoms. The average Bonchev–Trinajstić information content (AvgIpc) is 3.11. The molecule has 0 aliphatic carbocycles. The number of rotatable bonds is 5. The molecule has 4 rings (SSSR count). The first-order valence-electron chi connectivity index (χ1n) is 8.57. The third kappa shape index (κ3) is 3.81. The fourth-order valence-electron chi connectivity index (χ4n) is 2.60. The Morgan fingerprint density at radius 2 is 1.93 bits per heavy atom. The molecule has 1 N–H and O–H groups in total. The predicted molar refractivity (Wildman–Crippen MR) is 106 cm³/mol. The van der Waals surface area contributed by atoms with E-state index in [4.69, 9.17) is 4.74 Å². The van der Waals surface area contributed by atoms with Crippen molar-refractivity contribution in [3.63, 3.8) is 0 Å². The lowest BCUT2D eigenvalue weighted by Crippen LogP contribution is -2.03. The van der Waals surface area contributed by atoms with Crippen molar-refractivity contribution < 1.29 is 13.9 Å². The van der Waals surface area contributed by atoms with Crippen molar-refractivity contribution in [3.05, 3.63) is 66.0 Å². The number of benzene rings is 2. The number of nitrogens with one attached hydrogen (secondary N) is 1. The van der Waals surface area contributed by atoms with Crippen LogP contribution in [0.1, 0.15) is 17.3 Å². The fourth-order valence-corrected chi connectivity index (χ4v) is 3.51. The molecule has 0 saturated carbocycles. The number of anilines is 2. The fraction of sp³-hybridized carbons (Fsp3) is 0.100. The standard InChI is InChI=1S/C20H15FN4O2S/c1-2-27-19(26)13-5-8-16-17(11-13)28-20(22-16)23-18-10-9-15(24-25-18)12-3-6-14(21)7-4-12/h3-11H,2H2,1H3,(H,22,23,25). The Morgan fingerprint density at radius 3 is 2.64 bits per heavy atom. The highest BCUT2D eigenvalue weighted by Gasteiger charge is 2.11. The highest BCUT2D eigenvalue weighted by molar-refractivity contribution is 7.22. The summed E-state index contributed by atoms with van der Waals surface area (Å²) >= 11 is 1.40. The first kappa shape index (κ1) is 18.0. The van der Waals surface area contributed by atoms with Gasteiger partial charge in [-0.1, -0.05) is 11.3 Å². The molecule has 2 aromatic heterocycles. The largest absolute Gasteiger partial charge is 0.462 e. The van der Waals surface area contributed by atoms with Crippen LogP contribution in [0.25, 0.3) is 21.5 Å². The summed E-state index contributed by atoms with van der Waals surface area (Å²) in [7, 11) is 0. The van der Waals surface area contributed by atoms with Crippen LogP contribution >= 0.6 is 11.3 Å². The number of thiazole rings is 1. The summed E-state index contributed by atoms with van der Waals surface area (Å²) in [6.07, 6.45) is 0. The number of hydrogen-bond donors (Lipinski definition) is 1. The van der Waals surface area contributed by atoms with E-state index in [1.54, 1.807) is 49.4 Å². The van der Waals surface area contributed by atoms with E-state index in [1.807, 2.05) is 0 Å². The Balaban J connectivity index is 1.52. The zero-order chi connectivity index (χ0) is 19.5. The molecule has 2 heterocycles. The van der Waals surface area contributed by atoms with Crippen molar-refractivity contribution in [3.8, 4) is 11.3 Å². The Bertz CT molecular complexity index is 1130. The minimum Gasteiger partial charge on any atom is -0.462 e. The third-order valence-corrected chi connectivity index (χ3v) is 4.87. The summed E-state index contributed by atoms with van der Waals surface area (Å²) in [6, 6.07) is 14.9. The number of carbonyl (C=O) groups is 1. The summed E-state index contributed by atoms with van der Waals surface area (Å²) in [5.41, 5.74) is 2.70. The van der Waals surface area contributed by atoms with E-state index in [9.17, 15) is 9.18 Å². The number of aromatic nitrogens is 3. The number of ether oxygens (including phenoxy) is 1. The van der Waals surface area contributed by atoms with Crippen molar-refractivity contribution in [2.24, 2.45) is 0 Å². The first-order valence-corrected chi connectivity index (χ1v) is 9.38. The monoisotopic (exact) mass is 394 g/mol. The Hall–Kier alpha value is -3.39. The highest BCUT2D eigenvalue weighted by Crippen LogP contribution is 2.29. The molecule has 28 heavy (non-hydrogen) atoms. The molecule has 0 saturated heterocycles. The van der Waals surface area contributed by atoms with Crippen molar-refractivity contribution >= 4 is 38.5 Å². The molecule has 0 aliphatic rings. The number of carbonyl (C=O) groups excluding carboxylic acids is 1. The normalized spacial score (nSPS) is 10.8. The summed E-state index contributed by atoms with van der Waals surface area (Å²) in [5, 5.41) is 12.1. The van der Waals surface area contributed by atoms with Gasteiger partial charge in [0.1, 0.15) is 5.82 Å². The smallest absolute Gasteiger partial charge is 0.338 e. The van der Waals surface area contributed by atoms with Gasteiger partial charge in [0.15, 0.2) is 10.9 Å². The van der Waals surface area contributed by atoms with Gasteiger partial charge in [-0.2, -0.15) is 0 Å². The van der Waals surface area contributed by atoms with Crippen molar-refractivity contribution in [1.82, 2.24) is 15.2 Å². The van der Waals surface area contributed by atoms with E-state index >= 15 is 0 Å². The minimum atomic E-state index is -0.352. The predicted octanol–water partition coefficient (Wildman–Crippen LogP) is 4.81. The molecule has 0 bridgehead atoms. The number of esters is 1. The van der Waals surface area contributed by atoms with Crippen molar-refractivity contribution in [2.75, 3.05) is 11.9 Å². The molecule has 2 aromatic carbocycles. The summed E-state index contributed by atoms with van der Waals surface area (Å²) in [4.78, 5) is 16.4. The molecule has 0 fully saturated rings. The molecule has 0 amide bonds. The second-order valence-corrected chi connectivity index (χ2v) is 6.89. The molecule has 0 spiro atoms. The topological polar surface area (TPSA) is 77.0 Å². The lowest BCUT2D eigenvalue weighted by Gasteiger charge is -2.03. The van der Waals surface area contributed by atoms with Crippen LogP contribution < -0.4 is 5.32 Å². The first-order chi connectivity index (χ1) is 13.6. The van der Waals surface area contributed by atoms with Gasteiger partial charge in [-0.05, 0) is 61.5 Å². The maximum Gasteiger partial charge on any atom is 0.338 e. The van der Waals surface area contributed by atoms with E-state index in [0.717, 1.165) is 15.8 Å². The van der Waals surface area contributed by atoms with Gasteiger partial charge < -0.3 is 10.1 Å². The van der Waals surface area contributed by atoms with Gasteiger partial charge in [0.25, 0.3) is 0 Å². The second kappa shape index (κ2) is 7.69. The molecule has 0 aliphatic heterocycles. The summed E-state index contributed by atoms with van der Waals surface area (Å²) in [6.45, 7) is 2.10. The van der Waals surface area contributed by atoms with Crippen LogP contribution in [-0.2, 0) is 4.74 Å². The molecule has 0 radical (unpaired) electrons. The van der Waals surface area contributed by atoms with E-state index in [0.29, 0.717) is 28.8 Å². The van der Waals surface area contributed by atoms with Gasteiger partial charge >= 0.3 is 5.97 Å². The van der Waals surface area contributed by atoms with Crippen molar-refractivity contribution in [1.29, 1.82) is 0 Å². The van der Waals surface area contributed by atoms with Crippen LogP contribution in [0.2, 0.25) is 0 Å². The summed E-state index contributed by atoms with van der Waals surface area (Å²) < 4.78 is 18.9. The zero-order valence-electron chi connectivity index (χ0n) is 14.8. The average molecular weight is 394 g/mol. The number of hydrogen-bond acceptors (Lipinski definition) is 7. The maximum absolute atomic E-state index is 13.0. The van der Waals surface area contributed by atoms with Gasteiger partial charge in [-0.15, -0.1) is 10.2 Å². The number of fused-ring (bicyclic) bond motifs is 1. The van der Waals surface area contributed by atoms with Crippen LogP contribution in [-0.4, -0.2) is 27.8 Å². The van der Waals surface area contributed by atoms with Gasteiger partial charge in [0.2, 0.25) is 0 Å². The minimum absolute atomic E-state index is 0.294. The molecule has 0 atom stereocenters. The lowest BCUT2D eigenvalue weighted by atomic mass is 10.1. The second-order valence-electron chi connectivity index (χ2n) is 5.86. The summed E-state index contributed by atoms with van der Waals surface area (Å²) in [5.74, 6) is -0.109. The van der Waals surface area contributed by atoms with Gasteiger partial charge in [0, 0.05) is 5.56 Å². The SMILES string of the molecule is CCOC(=O)c1ccc2nc(Nc3ccc(-c4ccc(F)cc4)nn3)sc2c1. The third-order valence-electron chi connectivity index (χ3n) is 3.94. The number of nitrogens with zero attached hydrogens (tertiary/aromatic N) is 3. The van der Waals surface area contributed by atoms with Crippen LogP contribution in [0, 0.1) is 5.82 Å². The van der Waals surface area contributed by atoms with E-state index in [-0.39, 0.29) is 11.8 Å². The van der Waals surface area contributed by atoms with E-state index < -0.39 is 0 Å². The van der Waals surface area contributed by atoms with Gasteiger partial charge in [-0.3, -0.25) is 0 Å². The lowest BCUT2D eigenvalue weighted by molar-refractivity contribution is 0.0526. The molecular formula is C20H15FN4O2S. The molecule has 6 nitrogen and oxygen atoms in total. The Kier molecular flexibility index (Phi) is 4.94. The quantitative estimate of drug-likeness (QED) is 0.490. The molecule has 0 unspecified atom stereocenters. The number of halogens is 1.